The van der Waals surface area contributed by atoms with Crippen LogP contribution >= 0.6 is 11.6 Å². The number of pyridine rings is 1. The van der Waals surface area contributed by atoms with Gasteiger partial charge in [-0.3, -0.25) is 0 Å². The minimum absolute atomic E-state index is 0.565. The average molecular weight is 219 g/mol. The van der Waals surface area contributed by atoms with Crippen molar-refractivity contribution in [1.29, 1.82) is 0 Å². The Balaban J connectivity index is 2.33. The number of fused-ring (bicyclic) bond motifs is 1. The molecule has 0 amide bonds. The van der Waals surface area contributed by atoms with Gasteiger partial charge in [-0.15, -0.1) is 0 Å². The summed E-state index contributed by atoms with van der Waals surface area (Å²) in [6.45, 7) is 0. The van der Waals surface area contributed by atoms with Gasteiger partial charge in [0.2, 0.25) is 0 Å². The van der Waals surface area contributed by atoms with Crippen molar-refractivity contribution < 1.29 is 0 Å². The fourth-order valence-corrected chi connectivity index (χ4v) is 2.18. The number of nitrogens with two attached hydrogens (primary N) is 1. The topological polar surface area (TPSA) is 38.9 Å². The van der Waals surface area contributed by atoms with E-state index >= 15 is 0 Å². The van der Waals surface area contributed by atoms with E-state index in [-0.39, 0.29) is 0 Å². The number of rotatable bonds is 1. The largest absolute Gasteiger partial charge is 0.399 e. The second-order valence-corrected chi connectivity index (χ2v) is 4.47. The van der Waals surface area contributed by atoms with Crippen LogP contribution in [-0.2, 0) is 0 Å². The molecule has 0 atom stereocenters. The van der Waals surface area contributed by atoms with Crippen LogP contribution in [0.1, 0.15) is 24.3 Å². The summed E-state index contributed by atoms with van der Waals surface area (Å²) in [4.78, 5) is 4.29. The maximum atomic E-state index is 6.00. The second-order valence-electron chi connectivity index (χ2n) is 4.09. The standard InChI is InChI=1S/C12H11ClN2/c13-12-6-10(7-1-2-7)9-4-3-8(14)5-11(9)15-12/h3-7H,1-2,14H2. The van der Waals surface area contributed by atoms with Gasteiger partial charge < -0.3 is 5.73 Å². The lowest BCUT2D eigenvalue weighted by atomic mass is 10.1. The van der Waals surface area contributed by atoms with Gasteiger partial charge in [0.15, 0.2) is 0 Å². The average Bonchev–Trinajstić information content (AvgIpc) is 2.98. The second kappa shape index (κ2) is 3.11. The zero-order valence-electron chi connectivity index (χ0n) is 8.20. The minimum atomic E-state index is 0.565. The summed E-state index contributed by atoms with van der Waals surface area (Å²) in [6.07, 6.45) is 2.53. The van der Waals surface area contributed by atoms with Crippen LogP contribution in [-0.4, -0.2) is 4.98 Å². The summed E-state index contributed by atoms with van der Waals surface area (Å²) in [5, 5.41) is 1.76. The minimum Gasteiger partial charge on any atom is -0.399 e. The summed E-state index contributed by atoms with van der Waals surface area (Å²) in [6, 6.07) is 7.83. The predicted molar refractivity (Wildman–Crippen MR) is 63.1 cm³/mol. The third kappa shape index (κ3) is 1.55. The highest BCUT2D eigenvalue weighted by Crippen LogP contribution is 2.43. The lowest BCUT2D eigenvalue weighted by Gasteiger charge is -2.06. The van der Waals surface area contributed by atoms with Gasteiger partial charge in [-0.1, -0.05) is 17.7 Å². The Morgan fingerprint density at radius 1 is 1.27 bits per heavy atom. The molecule has 15 heavy (non-hydrogen) atoms. The Labute approximate surface area is 93.1 Å². The highest BCUT2D eigenvalue weighted by Gasteiger charge is 2.25. The predicted octanol–water partition coefficient (Wildman–Crippen LogP) is 3.35. The van der Waals surface area contributed by atoms with E-state index in [0.29, 0.717) is 11.1 Å². The smallest absolute Gasteiger partial charge is 0.130 e. The van der Waals surface area contributed by atoms with Gasteiger partial charge in [0.05, 0.1) is 5.52 Å². The molecule has 1 saturated carbocycles. The molecule has 0 aliphatic heterocycles. The molecule has 0 spiro atoms. The lowest BCUT2D eigenvalue weighted by Crippen LogP contribution is -1.90. The Kier molecular flexibility index (Phi) is 1.86. The van der Waals surface area contributed by atoms with E-state index in [4.69, 9.17) is 17.3 Å². The normalized spacial score (nSPS) is 15.8. The van der Waals surface area contributed by atoms with Gasteiger partial charge >= 0.3 is 0 Å². The first-order valence-electron chi connectivity index (χ1n) is 5.10. The third-order valence-electron chi connectivity index (χ3n) is 2.85. The molecule has 3 rings (SSSR count). The Morgan fingerprint density at radius 3 is 2.80 bits per heavy atom. The first kappa shape index (κ1) is 8.98. The maximum absolute atomic E-state index is 6.00. The molecule has 1 heterocycles. The molecule has 0 saturated heterocycles. The fourth-order valence-electron chi connectivity index (χ4n) is 1.97. The van der Waals surface area contributed by atoms with E-state index in [2.05, 4.69) is 4.98 Å². The zero-order chi connectivity index (χ0) is 10.4. The quantitative estimate of drug-likeness (QED) is 0.589. The highest BCUT2D eigenvalue weighted by atomic mass is 35.5. The number of halogens is 1. The fraction of sp³-hybridized carbons (Fsp3) is 0.250. The van der Waals surface area contributed by atoms with E-state index in [9.17, 15) is 0 Å². The molecular weight excluding hydrogens is 208 g/mol. The molecule has 2 nitrogen and oxygen atoms in total. The number of anilines is 1. The molecule has 76 valence electrons. The van der Waals surface area contributed by atoms with Crippen molar-refractivity contribution in [3.05, 3.63) is 35.0 Å². The Morgan fingerprint density at radius 2 is 2.07 bits per heavy atom. The van der Waals surface area contributed by atoms with Crippen LogP contribution in [0, 0.1) is 0 Å². The first-order chi connectivity index (χ1) is 7.24. The Hall–Kier alpha value is -1.28. The molecule has 1 aliphatic rings. The molecule has 0 unspecified atom stereocenters. The van der Waals surface area contributed by atoms with E-state index in [0.717, 1.165) is 11.2 Å². The van der Waals surface area contributed by atoms with Crippen molar-refractivity contribution in [2.75, 3.05) is 5.73 Å². The number of hydrogen-bond donors (Lipinski definition) is 1. The monoisotopic (exact) mass is 218 g/mol. The number of hydrogen-bond acceptors (Lipinski definition) is 2. The molecule has 2 aromatic rings. The molecule has 1 aromatic heterocycles. The van der Waals surface area contributed by atoms with Crippen LogP contribution < -0.4 is 5.73 Å². The van der Waals surface area contributed by atoms with Crippen molar-refractivity contribution in [3.63, 3.8) is 0 Å². The van der Waals surface area contributed by atoms with Crippen molar-refractivity contribution in [2.45, 2.75) is 18.8 Å². The highest BCUT2D eigenvalue weighted by molar-refractivity contribution is 6.30. The van der Waals surface area contributed by atoms with Crippen LogP contribution in [0.2, 0.25) is 5.15 Å². The maximum Gasteiger partial charge on any atom is 0.130 e. The number of aromatic nitrogens is 1. The van der Waals surface area contributed by atoms with E-state index in [1.807, 2.05) is 24.3 Å². The summed E-state index contributed by atoms with van der Waals surface area (Å²) in [7, 11) is 0. The Bertz CT molecular complexity index is 527. The van der Waals surface area contributed by atoms with Gasteiger partial charge in [0.25, 0.3) is 0 Å². The molecule has 3 heteroatoms. The van der Waals surface area contributed by atoms with Crippen LogP contribution in [0.3, 0.4) is 0 Å². The van der Waals surface area contributed by atoms with Crippen molar-refractivity contribution in [2.24, 2.45) is 0 Å². The summed E-state index contributed by atoms with van der Waals surface area (Å²) in [5.74, 6) is 0.677. The van der Waals surface area contributed by atoms with Crippen LogP contribution in [0.15, 0.2) is 24.3 Å². The third-order valence-corrected chi connectivity index (χ3v) is 3.05. The van der Waals surface area contributed by atoms with Gasteiger partial charge in [0, 0.05) is 11.1 Å². The molecule has 1 fully saturated rings. The van der Waals surface area contributed by atoms with Gasteiger partial charge in [0.1, 0.15) is 5.15 Å². The number of nitrogen functional groups attached to an aromatic ring is 1. The van der Waals surface area contributed by atoms with E-state index in [1.165, 1.54) is 23.8 Å². The zero-order valence-corrected chi connectivity index (χ0v) is 8.96. The molecule has 0 radical (unpaired) electrons. The summed E-state index contributed by atoms with van der Waals surface area (Å²) < 4.78 is 0. The van der Waals surface area contributed by atoms with E-state index < -0.39 is 0 Å². The first-order valence-corrected chi connectivity index (χ1v) is 5.47. The van der Waals surface area contributed by atoms with Crippen LogP contribution in [0.4, 0.5) is 5.69 Å². The van der Waals surface area contributed by atoms with E-state index in [1.54, 1.807) is 0 Å². The molecular formula is C12H11ClN2. The van der Waals surface area contributed by atoms with Gasteiger partial charge in [-0.25, -0.2) is 4.98 Å². The SMILES string of the molecule is Nc1ccc2c(C3CC3)cc(Cl)nc2c1. The van der Waals surface area contributed by atoms with Crippen molar-refractivity contribution >= 4 is 28.2 Å². The summed E-state index contributed by atoms with van der Waals surface area (Å²) >= 11 is 6.00. The summed E-state index contributed by atoms with van der Waals surface area (Å²) in [5.41, 5.74) is 8.70. The van der Waals surface area contributed by atoms with Crippen molar-refractivity contribution in [3.8, 4) is 0 Å². The molecule has 2 N–H and O–H groups in total. The van der Waals surface area contributed by atoms with Gasteiger partial charge in [-0.2, -0.15) is 0 Å². The number of nitrogens with zero attached hydrogens (tertiary/aromatic N) is 1. The van der Waals surface area contributed by atoms with Crippen LogP contribution in [0.25, 0.3) is 10.9 Å². The molecule has 0 bridgehead atoms. The molecule has 1 aliphatic carbocycles. The van der Waals surface area contributed by atoms with Crippen molar-refractivity contribution in [1.82, 2.24) is 4.98 Å². The van der Waals surface area contributed by atoms with Gasteiger partial charge in [-0.05, 0) is 42.5 Å². The van der Waals surface area contributed by atoms with Crippen LogP contribution in [0.5, 0.6) is 0 Å². The lowest BCUT2D eigenvalue weighted by molar-refractivity contribution is 1.14. The molecule has 1 aromatic carbocycles. The number of benzene rings is 1.